The molecule has 2 N–H and O–H groups in total. The van der Waals surface area contributed by atoms with Gasteiger partial charge in [-0.1, -0.05) is 29.8 Å². The van der Waals surface area contributed by atoms with E-state index in [0.29, 0.717) is 21.6 Å². The number of hydrogen-bond acceptors (Lipinski definition) is 5. The summed E-state index contributed by atoms with van der Waals surface area (Å²) in [6.45, 7) is 4.26. The van der Waals surface area contributed by atoms with E-state index >= 15 is 0 Å². The van der Waals surface area contributed by atoms with Gasteiger partial charge < -0.3 is 15.1 Å². The number of nitriles is 1. The van der Waals surface area contributed by atoms with Crippen molar-refractivity contribution in [2.75, 3.05) is 5.32 Å². The molecule has 0 saturated heterocycles. The molecule has 0 aliphatic carbocycles. The van der Waals surface area contributed by atoms with Gasteiger partial charge in [-0.15, -0.1) is 11.8 Å². The van der Waals surface area contributed by atoms with Crippen LogP contribution in [0, 0.1) is 25.2 Å². The number of thioether (sulfide) groups is 1. The van der Waals surface area contributed by atoms with E-state index in [2.05, 4.69) is 16.7 Å². The van der Waals surface area contributed by atoms with Crippen LogP contribution in [-0.2, 0) is 17.1 Å². The molecule has 7 heteroatoms. The monoisotopic (exact) mass is 451 g/mol. The molecule has 0 atom stereocenters. The quantitative estimate of drug-likeness (QED) is 0.327. The average molecular weight is 452 g/mol. The average Bonchev–Trinajstić information content (AvgIpc) is 3.28. The molecule has 0 aliphatic rings. The van der Waals surface area contributed by atoms with E-state index in [1.54, 1.807) is 12.1 Å². The molecule has 0 saturated carbocycles. The molecule has 0 radical (unpaired) electrons. The van der Waals surface area contributed by atoms with E-state index in [0.717, 1.165) is 16.8 Å². The largest absolute Gasteiger partial charge is 0.467 e. The summed E-state index contributed by atoms with van der Waals surface area (Å²) in [4.78, 5) is 12.8. The maximum absolute atomic E-state index is 12.8. The lowest BCUT2D eigenvalue weighted by atomic mass is 10.1. The summed E-state index contributed by atoms with van der Waals surface area (Å²) in [5, 5.41) is 16.9. The number of nitrogens with zero attached hydrogens (tertiary/aromatic N) is 1. The zero-order valence-electron chi connectivity index (χ0n) is 17.2. The number of carbonyl (C=O) groups is 1. The van der Waals surface area contributed by atoms with Gasteiger partial charge in [-0.2, -0.15) is 5.26 Å². The molecule has 0 bridgehead atoms. The summed E-state index contributed by atoms with van der Waals surface area (Å²) in [6, 6.07) is 19.0. The minimum atomic E-state index is -0.464. The van der Waals surface area contributed by atoms with Crippen LogP contribution in [0.15, 0.2) is 75.9 Å². The van der Waals surface area contributed by atoms with Gasteiger partial charge in [0.2, 0.25) is 0 Å². The van der Waals surface area contributed by atoms with Crippen molar-refractivity contribution in [2.45, 2.75) is 26.1 Å². The Hall–Kier alpha value is -3.14. The van der Waals surface area contributed by atoms with Crippen molar-refractivity contribution in [2.24, 2.45) is 0 Å². The van der Waals surface area contributed by atoms with Gasteiger partial charge in [0.1, 0.15) is 17.4 Å². The highest BCUT2D eigenvalue weighted by molar-refractivity contribution is 8.02. The molecule has 3 aromatic rings. The van der Waals surface area contributed by atoms with Crippen molar-refractivity contribution >= 4 is 35.0 Å². The van der Waals surface area contributed by atoms with Gasteiger partial charge in [0.05, 0.1) is 17.8 Å². The van der Waals surface area contributed by atoms with E-state index in [1.165, 1.54) is 23.6 Å². The van der Waals surface area contributed by atoms with Crippen LogP contribution >= 0.6 is 23.4 Å². The van der Waals surface area contributed by atoms with Crippen molar-refractivity contribution < 1.29 is 9.21 Å². The lowest BCUT2D eigenvalue weighted by Crippen LogP contribution is -2.25. The molecule has 0 aliphatic heterocycles. The molecule has 158 valence electrons. The van der Waals surface area contributed by atoms with Gasteiger partial charge in [-0.25, -0.2) is 0 Å². The first kappa shape index (κ1) is 22.5. The van der Waals surface area contributed by atoms with Crippen molar-refractivity contribution in [3.8, 4) is 6.07 Å². The second kappa shape index (κ2) is 10.8. The summed E-state index contributed by atoms with van der Waals surface area (Å²) in [5.74, 6) is 0.720. The zero-order valence-corrected chi connectivity index (χ0v) is 18.8. The normalized spacial score (nSPS) is 11.4. The van der Waals surface area contributed by atoms with Crippen LogP contribution in [0.3, 0.4) is 0 Å². The Morgan fingerprint density at radius 1 is 1.13 bits per heavy atom. The van der Waals surface area contributed by atoms with Crippen LogP contribution < -0.4 is 10.6 Å². The summed E-state index contributed by atoms with van der Waals surface area (Å²) < 4.78 is 5.25. The third kappa shape index (κ3) is 6.42. The number of carbonyl (C=O) groups excluding carboxylic acids is 1. The van der Waals surface area contributed by atoms with E-state index in [4.69, 9.17) is 16.0 Å². The Labute approximate surface area is 191 Å². The molecule has 5 nitrogen and oxygen atoms in total. The summed E-state index contributed by atoms with van der Waals surface area (Å²) in [5.41, 5.74) is 4.15. The molecule has 1 heterocycles. The number of aryl methyl sites for hydroxylation is 2. The number of rotatable bonds is 8. The summed E-state index contributed by atoms with van der Waals surface area (Å²) in [7, 11) is 0. The van der Waals surface area contributed by atoms with Crippen molar-refractivity contribution in [1.29, 1.82) is 5.26 Å². The van der Waals surface area contributed by atoms with Crippen LogP contribution in [0.25, 0.3) is 0 Å². The molecule has 0 fully saturated rings. The fraction of sp³-hybridized carbons (Fsp3) is 0.167. The predicted octanol–water partition coefficient (Wildman–Crippen LogP) is 5.95. The van der Waals surface area contributed by atoms with Gasteiger partial charge in [-0.3, -0.25) is 4.79 Å². The van der Waals surface area contributed by atoms with Gasteiger partial charge in [-0.05, 0) is 66.9 Å². The predicted molar refractivity (Wildman–Crippen MR) is 125 cm³/mol. The highest BCUT2D eigenvalue weighted by atomic mass is 35.5. The van der Waals surface area contributed by atoms with E-state index < -0.39 is 5.91 Å². The smallest absolute Gasteiger partial charge is 0.265 e. The number of nitrogens with one attached hydrogen (secondary N) is 2. The first-order valence-corrected chi connectivity index (χ1v) is 11.0. The molecule has 0 spiro atoms. The van der Waals surface area contributed by atoms with E-state index in [9.17, 15) is 10.1 Å². The number of anilines is 1. The van der Waals surface area contributed by atoms with Crippen LogP contribution in [0.5, 0.6) is 0 Å². The molecule has 31 heavy (non-hydrogen) atoms. The maximum Gasteiger partial charge on any atom is 0.265 e. The molecule has 1 amide bonds. The van der Waals surface area contributed by atoms with Gasteiger partial charge in [0, 0.05) is 16.5 Å². The Morgan fingerprint density at radius 2 is 1.90 bits per heavy atom. The maximum atomic E-state index is 12.8. The van der Waals surface area contributed by atoms with Gasteiger partial charge in [0.15, 0.2) is 0 Å². The molecule has 0 unspecified atom stereocenters. The molecule has 2 aromatic carbocycles. The highest BCUT2D eigenvalue weighted by Crippen LogP contribution is 2.28. The Morgan fingerprint density at radius 3 is 2.55 bits per heavy atom. The number of hydrogen-bond donors (Lipinski definition) is 2. The van der Waals surface area contributed by atoms with E-state index in [-0.39, 0.29) is 12.1 Å². The highest BCUT2D eigenvalue weighted by Gasteiger charge is 2.17. The third-order valence-electron chi connectivity index (χ3n) is 4.63. The lowest BCUT2D eigenvalue weighted by Gasteiger charge is -2.14. The minimum absolute atomic E-state index is 0.0174. The molecular weight excluding hydrogens is 430 g/mol. The molecular formula is C24H22ClN3O2S. The second-order valence-corrected chi connectivity index (χ2v) is 8.34. The van der Waals surface area contributed by atoms with E-state index in [1.807, 2.05) is 56.3 Å². The fourth-order valence-electron chi connectivity index (χ4n) is 2.73. The number of furan rings is 1. The Kier molecular flexibility index (Phi) is 7.82. The van der Waals surface area contributed by atoms with Crippen molar-refractivity contribution in [1.82, 2.24) is 5.32 Å². The summed E-state index contributed by atoms with van der Waals surface area (Å²) in [6.07, 6.45) is 1.54. The topological polar surface area (TPSA) is 78.1 Å². The minimum Gasteiger partial charge on any atom is -0.467 e. The van der Waals surface area contributed by atoms with Gasteiger partial charge in [0.25, 0.3) is 5.91 Å². The van der Waals surface area contributed by atoms with Gasteiger partial charge >= 0.3 is 0 Å². The third-order valence-corrected chi connectivity index (χ3v) is 5.95. The van der Waals surface area contributed by atoms with Crippen LogP contribution in [0.2, 0.25) is 5.02 Å². The lowest BCUT2D eigenvalue weighted by molar-refractivity contribution is -0.117. The number of halogens is 1. The molecule has 1 aromatic heterocycles. The van der Waals surface area contributed by atoms with Crippen molar-refractivity contribution in [3.63, 3.8) is 0 Å². The zero-order chi connectivity index (χ0) is 22.2. The van der Waals surface area contributed by atoms with Crippen molar-refractivity contribution in [3.05, 3.63) is 98.9 Å². The molecule has 3 rings (SSSR count). The number of benzene rings is 2. The van der Waals surface area contributed by atoms with Crippen LogP contribution in [0.1, 0.15) is 22.5 Å². The SMILES string of the molecule is Cc1ccc(NC(SCc2ccc(Cl)cc2)=C(C#N)C(=O)NCc2ccco2)cc1C. The number of amides is 1. The van der Waals surface area contributed by atoms with Crippen LogP contribution in [-0.4, -0.2) is 5.91 Å². The summed E-state index contributed by atoms with van der Waals surface area (Å²) >= 11 is 7.36. The Bertz CT molecular complexity index is 1120. The first-order valence-electron chi connectivity index (χ1n) is 9.62. The fourth-order valence-corrected chi connectivity index (χ4v) is 3.83. The second-order valence-electron chi connectivity index (χ2n) is 6.92. The standard InChI is InChI=1S/C24H22ClN3O2S/c1-16-5-10-20(12-17(16)2)28-24(31-15-18-6-8-19(25)9-7-18)22(13-26)23(29)27-14-21-4-3-11-30-21/h3-12,28H,14-15H2,1-2H3,(H,27,29). The Balaban J connectivity index is 1.84. The van der Waals surface area contributed by atoms with Crippen LogP contribution in [0.4, 0.5) is 5.69 Å². The first-order chi connectivity index (χ1) is 15.0.